The highest BCUT2D eigenvalue weighted by Gasteiger charge is 2.23. The van der Waals surface area contributed by atoms with E-state index in [0.717, 1.165) is 5.56 Å². The number of carbonyl (C=O) groups excluding carboxylic acids is 1. The third-order valence-electron chi connectivity index (χ3n) is 3.11. The standard InChI is InChI=1S/C16H21NO4/c1-4-13(16(19)20)17(3)15(18)11-10-12-8-6-7-9-14(12)21-5-2/h6-11,13H,4-5H2,1-3H3,(H,19,20). The molecule has 0 heterocycles. The Morgan fingerprint density at radius 3 is 2.57 bits per heavy atom. The Bertz CT molecular complexity index is 525. The molecule has 1 rings (SSSR count). The van der Waals surface area contributed by atoms with Crippen LogP contribution in [0.15, 0.2) is 30.3 Å². The van der Waals surface area contributed by atoms with Crippen LogP contribution in [0.2, 0.25) is 0 Å². The van der Waals surface area contributed by atoms with E-state index in [1.807, 2.05) is 31.2 Å². The molecule has 0 aromatic heterocycles. The molecule has 1 aromatic rings. The normalized spacial score (nSPS) is 12.1. The summed E-state index contributed by atoms with van der Waals surface area (Å²) >= 11 is 0. The van der Waals surface area contributed by atoms with Crippen LogP contribution in [-0.2, 0) is 9.59 Å². The quantitative estimate of drug-likeness (QED) is 0.783. The van der Waals surface area contributed by atoms with Gasteiger partial charge in [0.15, 0.2) is 0 Å². The summed E-state index contributed by atoms with van der Waals surface area (Å²) in [7, 11) is 1.49. The fraction of sp³-hybridized carbons (Fsp3) is 0.375. The Morgan fingerprint density at radius 2 is 2.00 bits per heavy atom. The molecule has 0 saturated carbocycles. The zero-order valence-electron chi connectivity index (χ0n) is 12.6. The lowest BCUT2D eigenvalue weighted by atomic mass is 10.1. The Hall–Kier alpha value is -2.30. The minimum absolute atomic E-state index is 0.351. The number of aliphatic carboxylic acids is 1. The van der Waals surface area contributed by atoms with Crippen LogP contribution < -0.4 is 4.74 Å². The molecule has 1 atom stereocenters. The van der Waals surface area contributed by atoms with Crippen molar-refractivity contribution in [2.75, 3.05) is 13.7 Å². The number of rotatable bonds is 7. The molecule has 0 aliphatic rings. The smallest absolute Gasteiger partial charge is 0.326 e. The third kappa shape index (κ3) is 4.63. The van der Waals surface area contributed by atoms with Gasteiger partial charge in [-0.2, -0.15) is 0 Å². The van der Waals surface area contributed by atoms with Gasteiger partial charge in [-0.1, -0.05) is 25.1 Å². The molecule has 0 aliphatic heterocycles. The zero-order chi connectivity index (χ0) is 15.8. The number of carbonyl (C=O) groups is 2. The van der Waals surface area contributed by atoms with Crippen LogP contribution in [-0.4, -0.2) is 41.6 Å². The first-order valence-electron chi connectivity index (χ1n) is 6.90. The molecule has 0 saturated heterocycles. The van der Waals surface area contributed by atoms with Crippen LogP contribution in [0.3, 0.4) is 0 Å². The van der Waals surface area contributed by atoms with Crippen molar-refractivity contribution in [1.29, 1.82) is 0 Å². The summed E-state index contributed by atoms with van der Waals surface area (Å²) in [6.07, 6.45) is 3.36. The summed E-state index contributed by atoms with van der Waals surface area (Å²) in [4.78, 5) is 24.3. The number of hydrogen-bond acceptors (Lipinski definition) is 3. The predicted molar refractivity (Wildman–Crippen MR) is 81.1 cm³/mol. The largest absolute Gasteiger partial charge is 0.493 e. The fourth-order valence-corrected chi connectivity index (χ4v) is 1.95. The van der Waals surface area contributed by atoms with Crippen molar-refractivity contribution in [2.24, 2.45) is 0 Å². The maximum absolute atomic E-state index is 12.0. The second-order valence-electron chi connectivity index (χ2n) is 4.52. The monoisotopic (exact) mass is 291 g/mol. The van der Waals surface area contributed by atoms with Gasteiger partial charge in [-0.25, -0.2) is 4.79 Å². The molecule has 1 unspecified atom stereocenters. The third-order valence-corrected chi connectivity index (χ3v) is 3.11. The molecule has 1 N–H and O–H groups in total. The maximum Gasteiger partial charge on any atom is 0.326 e. The van der Waals surface area contributed by atoms with E-state index in [0.29, 0.717) is 18.8 Å². The highest BCUT2D eigenvalue weighted by Crippen LogP contribution is 2.19. The van der Waals surface area contributed by atoms with Gasteiger partial charge in [-0.15, -0.1) is 0 Å². The van der Waals surface area contributed by atoms with Crippen LogP contribution in [0.1, 0.15) is 25.8 Å². The molecule has 0 aliphatic carbocycles. The Balaban J connectivity index is 2.85. The number of hydrogen-bond donors (Lipinski definition) is 1. The summed E-state index contributed by atoms with van der Waals surface area (Å²) in [5.41, 5.74) is 0.782. The van der Waals surface area contributed by atoms with Gasteiger partial charge in [0.25, 0.3) is 0 Å². The minimum atomic E-state index is -1.00. The van der Waals surface area contributed by atoms with E-state index in [9.17, 15) is 9.59 Å². The number of amides is 1. The van der Waals surface area contributed by atoms with Gasteiger partial charge in [-0.05, 0) is 25.5 Å². The number of para-hydroxylation sites is 1. The van der Waals surface area contributed by atoms with Gasteiger partial charge in [-0.3, -0.25) is 4.79 Å². The molecule has 0 spiro atoms. The van der Waals surface area contributed by atoms with Crippen LogP contribution in [0, 0.1) is 0 Å². The van der Waals surface area contributed by atoms with E-state index in [1.165, 1.54) is 18.0 Å². The van der Waals surface area contributed by atoms with Crippen LogP contribution in [0.25, 0.3) is 6.08 Å². The van der Waals surface area contributed by atoms with Crippen molar-refractivity contribution in [3.63, 3.8) is 0 Å². The number of nitrogens with zero attached hydrogens (tertiary/aromatic N) is 1. The summed E-state index contributed by atoms with van der Waals surface area (Å²) in [6, 6.07) is 6.55. The van der Waals surface area contributed by atoms with Gasteiger partial charge in [0.2, 0.25) is 5.91 Å². The van der Waals surface area contributed by atoms with Crippen LogP contribution in [0.4, 0.5) is 0 Å². The van der Waals surface area contributed by atoms with Crippen molar-refractivity contribution in [3.05, 3.63) is 35.9 Å². The molecule has 21 heavy (non-hydrogen) atoms. The van der Waals surface area contributed by atoms with Gasteiger partial charge < -0.3 is 14.7 Å². The fourth-order valence-electron chi connectivity index (χ4n) is 1.95. The Kier molecular flexibility index (Phi) is 6.46. The van der Waals surface area contributed by atoms with E-state index >= 15 is 0 Å². The molecule has 1 amide bonds. The molecule has 5 nitrogen and oxygen atoms in total. The molecule has 114 valence electrons. The molecular formula is C16H21NO4. The van der Waals surface area contributed by atoms with Gasteiger partial charge >= 0.3 is 5.97 Å². The number of ether oxygens (including phenoxy) is 1. The van der Waals surface area contributed by atoms with E-state index in [-0.39, 0.29) is 5.91 Å². The van der Waals surface area contributed by atoms with Crippen LogP contribution >= 0.6 is 0 Å². The first-order valence-corrected chi connectivity index (χ1v) is 6.90. The zero-order valence-corrected chi connectivity index (χ0v) is 12.6. The number of benzene rings is 1. The van der Waals surface area contributed by atoms with Gasteiger partial charge in [0.1, 0.15) is 11.8 Å². The van der Waals surface area contributed by atoms with E-state index in [4.69, 9.17) is 9.84 Å². The molecule has 0 bridgehead atoms. The van der Waals surface area contributed by atoms with Crippen molar-refractivity contribution < 1.29 is 19.4 Å². The lowest BCUT2D eigenvalue weighted by molar-refractivity contribution is -0.147. The topological polar surface area (TPSA) is 66.8 Å². The Labute approximate surface area is 124 Å². The predicted octanol–water partition coefficient (Wildman–Crippen LogP) is 2.42. The summed E-state index contributed by atoms with van der Waals surface area (Å²) in [6.45, 7) is 4.16. The van der Waals surface area contributed by atoms with Crippen molar-refractivity contribution in [3.8, 4) is 5.75 Å². The summed E-state index contributed by atoms with van der Waals surface area (Å²) in [5.74, 6) is -0.663. The molecule has 0 fully saturated rings. The lowest BCUT2D eigenvalue weighted by Crippen LogP contribution is -2.41. The number of carboxylic acids is 1. The van der Waals surface area contributed by atoms with E-state index in [1.54, 1.807) is 13.0 Å². The van der Waals surface area contributed by atoms with Gasteiger partial charge in [0.05, 0.1) is 6.61 Å². The molecule has 5 heteroatoms. The number of carboxylic acid groups (broad SMARTS) is 1. The van der Waals surface area contributed by atoms with E-state index < -0.39 is 12.0 Å². The first-order chi connectivity index (χ1) is 10.0. The summed E-state index contributed by atoms with van der Waals surface area (Å²) in [5, 5.41) is 9.05. The first kappa shape index (κ1) is 16.8. The molecule has 0 radical (unpaired) electrons. The second-order valence-corrected chi connectivity index (χ2v) is 4.52. The maximum atomic E-state index is 12.0. The molecule has 1 aromatic carbocycles. The average Bonchev–Trinajstić information content (AvgIpc) is 2.46. The average molecular weight is 291 g/mol. The highest BCUT2D eigenvalue weighted by molar-refractivity contribution is 5.94. The lowest BCUT2D eigenvalue weighted by Gasteiger charge is -2.22. The Morgan fingerprint density at radius 1 is 1.33 bits per heavy atom. The van der Waals surface area contributed by atoms with Crippen molar-refractivity contribution >= 4 is 18.0 Å². The van der Waals surface area contributed by atoms with Crippen molar-refractivity contribution in [1.82, 2.24) is 4.90 Å². The van der Waals surface area contributed by atoms with Gasteiger partial charge in [0, 0.05) is 18.7 Å². The highest BCUT2D eigenvalue weighted by atomic mass is 16.5. The summed E-state index contributed by atoms with van der Waals surface area (Å²) < 4.78 is 5.47. The van der Waals surface area contributed by atoms with E-state index in [2.05, 4.69) is 0 Å². The molecular weight excluding hydrogens is 270 g/mol. The number of likely N-dealkylation sites (N-methyl/N-ethyl adjacent to an activating group) is 1. The SMILES string of the molecule is CCOc1ccccc1C=CC(=O)N(C)C(CC)C(=O)O. The van der Waals surface area contributed by atoms with Crippen molar-refractivity contribution in [2.45, 2.75) is 26.3 Å². The second kappa shape index (κ2) is 8.09. The minimum Gasteiger partial charge on any atom is -0.493 e. The van der Waals surface area contributed by atoms with Crippen LogP contribution in [0.5, 0.6) is 5.75 Å².